The fourth-order valence-corrected chi connectivity index (χ4v) is 5.18. The minimum absolute atomic E-state index is 0.213. The maximum absolute atomic E-state index is 13.9. The lowest BCUT2D eigenvalue weighted by Crippen LogP contribution is -2.37. The summed E-state index contributed by atoms with van der Waals surface area (Å²) in [4.78, 5) is 53.3. The van der Waals surface area contributed by atoms with Crippen molar-refractivity contribution in [1.29, 1.82) is 0 Å². The van der Waals surface area contributed by atoms with Gasteiger partial charge in [0.05, 0.1) is 31.7 Å². The smallest absolute Gasteiger partial charge is 0.343 e. The van der Waals surface area contributed by atoms with Gasteiger partial charge in [-0.1, -0.05) is 51.1 Å². The van der Waals surface area contributed by atoms with Crippen molar-refractivity contribution in [2.75, 3.05) is 48.1 Å². The van der Waals surface area contributed by atoms with Gasteiger partial charge in [0.25, 0.3) is 0 Å². The van der Waals surface area contributed by atoms with Crippen LogP contribution in [0, 0.1) is 0 Å². The zero-order valence-corrected chi connectivity index (χ0v) is 24.4. The largest absolute Gasteiger partial charge is 0.495 e. The fraction of sp³-hybridized carbons (Fsp3) is 0.281. The molecule has 0 unspecified atom stereocenters. The van der Waals surface area contributed by atoms with Gasteiger partial charge in [0, 0.05) is 36.1 Å². The maximum atomic E-state index is 13.9. The standard InChI is InChI=1S/C32H31N5O6/c1-32(2,3)20-9-11-26(41-4)24(19-20)37-29(39)28(38)36(31(37)40)23-10-12-25(22-8-6-5-7-21(22)23)43-27-13-14-33-30(34-27)35-15-17-42-18-16-35/h5-14,19H,15-18H2,1-4H3. The zero-order valence-electron chi connectivity index (χ0n) is 24.4. The van der Waals surface area contributed by atoms with E-state index in [1.54, 1.807) is 48.7 Å². The zero-order chi connectivity index (χ0) is 30.3. The molecule has 11 heteroatoms. The number of carbonyl (C=O) groups excluding carboxylic acids is 3. The van der Waals surface area contributed by atoms with E-state index in [4.69, 9.17) is 14.2 Å². The Morgan fingerprint density at radius 1 is 0.814 bits per heavy atom. The van der Waals surface area contributed by atoms with Crippen LogP contribution < -0.4 is 24.2 Å². The van der Waals surface area contributed by atoms with Gasteiger partial charge >= 0.3 is 17.8 Å². The van der Waals surface area contributed by atoms with Crippen LogP contribution in [0.4, 0.5) is 22.1 Å². The monoisotopic (exact) mass is 581 g/mol. The first kappa shape index (κ1) is 28.1. The molecule has 0 spiro atoms. The van der Waals surface area contributed by atoms with Crippen molar-refractivity contribution in [3.63, 3.8) is 0 Å². The highest BCUT2D eigenvalue weighted by atomic mass is 16.5. The number of benzene rings is 3. The first-order valence-electron chi connectivity index (χ1n) is 13.9. The Hall–Kier alpha value is -5.03. The molecule has 11 nitrogen and oxygen atoms in total. The molecular weight excluding hydrogens is 550 g/mol. The normalized spacial score (nSPS) is 15.9. The van der Waals surface area contributed by atoms with Crippen molar-refractivity contribution in [2.24, 2.45) is 0 Å². The van der Waals surface area contributed by atoms with Crippen LogP contribution in [0.5, 0.6) is 17.4 Å². The molecule has 2 saturated heterocycles. The highest BCUT2D eigenvalue weighted by Gasteiger charge is 2.48. The SMILES string of the molecule is COc1ccc(C(C)(C)C)cc1N1C(=O)C(=O)N(c2ccc(Oc3ccnc(N4CCOCC4)n3)c3ccccc23)C1=O. The van der Waals surface area contributed by atoms with Crippen molar-refractivity contribution in [2.45, 2.75) is 26.2 Å². The molecule has 2 fully saturated rings. The third-order valence-corrected chi connectivity index (χ3v) is 7.49. The summed E-state index contributed by atoms with van der Waals surface area (Å²) in [5, 5.41) is 1.18. The lowest BCUT2D eigenvalue weighted by atomic mass is 9.86. The number of amides is 4. The molecule has 3 aromatic carbocycles. The Labute approximate surface area is 248 Å². The number of hydrogen-bond donors (Lipinski definition) is 0. The number of hydrogen-bond acceptors (Lipinski definition) is 9. The van der Waals surface area contributed by atoms with E-state index >= 15 is 0 Å². The Bertz CT molecular complexity index is 1740. The number of rotatable bonds is 6. The van der Waals surface area contributed by atoms with Crippen molar-refractivity contribution in [1.82, 2.24) is 9.97 Å². The quantitative estimate of drug-likeness (QED) is 0.228. The summed E-state index contributed by atoms with van der Waals surface area (Å²) >= 11 is 0. The molecule has 3 heterocycles. The second-order valence-corrected chi connectivity index (χ2v) is 11.2. The number of imide groups is 2. The molecule has 0 N–H and O–H groups in total. The predicted octanol–water partition coefficient (Wildman–Crippen LogP) is 5.06. The van der Waals surface area contributed by atoms with Crippen LogP contribution in [-0.2, 0) is 19.7 Å². The van der Waals surface area contributed by atoms with Gasteiger partial charge in [0.15, 0.2) is 0 Å². The second-order valence-electron chi connectivity index (χ2n) is 11.2. The molecule has 1 aromatic heterocycles. The van der Waals surface area contributed by atoms with Crippen molar-refractivity contribution in [3.8, 4) is 17.4 Å². The number of ether oxygens (including phenoxy) is 3. The summed E-state index contributed by atoms with van der Waals surface area (Å²) < 4.78 is 17.1. The van der Waals surface area contributed by atoms with E-state index in [0.717, 1.165) is 15.4 Å². The van der Waals surface area contributed by atoms with E-state index in [1.807, 2.05) is 43.9 Å². The molecule has 43 heavy (non-hydrogen) atoms. The number of carbonyl (C=O) groups is 3. The number of fused-ring (bicyclic) bond motifs is 1. The molecule has 4 aromatic rings. The van der Waals surface area contributed by atoms with E-state index in [0.29, 0.717) is 60.4 Å². The van der Waals surface area contributed by atoms with Crippen molar-refractivity contribution >= 4 is 45.9 Å². The molecular formula is C32H31N5O6. The molecule has 0 saturated carbocycles. The lowest BCUT2D eigenvalue weighted by Gasteiger charge is -2.26. The van der Waals surface area contributed by atoms with Crippen LogP contribution in [0.1, 0.15) is 26.3 Å². The highest BCUT2D eigenvalue weighted by Crippen LogP contribution is 2.40. The summed E-state index contributed by atoms with van der Waals surface area (Å²) in [7, 11) is 1.45. The number of anilines is 3. The molecule has 0 radical (unpaired) electrons. The van der Waals surface area contributed by atoms with Gasteiger partial charge < -0.3 is 19.1 Å². The molecule has 0 aliphatic carbocycles. The molecule has 0 atom stereocenters. The lowest BCUT2D eigenvalue weighted by molar-refractivity contribution is -0.133. The minimum atomic E-state index is -0.963. The van der Waals surface area contributed by atoms with Crippen LogP contribution >= 0.6 is 0 Å². The average Bonchev–Trinajstić information content (AvgIpc) is 3.24. The summed E-state index contributed by atoms with van der Waals surface area (Å²) in [5.74, 6) is -0.269. The van der Waals surface area contributed by atoms with Crippen LogP contribution in [-0.4, -0.2) is 61.2 Å². The molecule has 0 bridgehead atoms. The average molecular weight is 582 g/mol. The van der Waals surface area contributed by atoms with E-state index < -0.39 is 17.8 Å². The van der Waals surface area contributed by atoms with Crippen LogP contribution in [0.25, 0.3) is 10.8 Å². The summed E-state index contributed by atoms with van der Waals surface area (Å²) in [6, 6.07) is 16.6. The second kappa shape index (κ2) is 11.0. The number of nitrogens with zero attached hydrogens (tertiary/aromatic N) is 5. The maximum Gasteiger partial charge on any atom is 0.343 e. The van der Waals surface area contributed by atoms with Gasteiger partial charge in [0.2, 0.25) is 11.8 Å². The Morgan fingerprint density at radius 3 is 2.19 bits per heavy atom. The number of aromatic nitrogens is 2. The topological polar surface area (TPSA) is 114 Å². The molecule has 6 rings (SSSR count). The van der Waals surface area contributed by atoms with Gasteiger partial charge in [-0.2, -0.15) is 4.98 Å². The number of methoxy groups -OCH3 is 1. The van der Waals surface area contributed by atoms with E-state index in [2.05, 4.69) is 9.97 Å². The van der Waals surface area contributed by atoms with Gasteiger partial charge in [-0.25, -0.2) is 19.6 Å². The number of morpholine rings is 1. The van der Waals surface area contributed by atoms with Crippen LogP contribution in [0.3, 0.4) is 0 Å². The minimum Gasteiger partial charge on any atom is -0.495 e. The molecule has 2 aliphatic rings. The third kappa shape index (κ3) is 5.12. The van der Waals surface area contributed by atoms with E-state index in [9.17, 15) is 14.4 Å². The van der Waals surface area contributed by atoms with Gasteiger partial charge in [-0.05, 0) is 35.2 Å². The third-order valence-electron chi connectivity index (χ3n) is 7.49. The van der Waals surface area contributed by atoms with Crippen LogP contribution in [0.15, 0.2) is 66.9 Å². The van der Waals surface area contributed by atoms with Gasteiger partial charge in [-0.15, -0.1) is 0 Å². The Kier molecular flexibility index (Phi) is 7.18. The predicted molar refractivity (Wildman–Crippen MR) is 161 cm³/mol. The summed E-state index contributed by atoms with van der Waals surface area (Å²) in [5.41, 5.74) is 1.08. The first-order valence-corrected chi connectivity index (χ1v) is 13.9. The first-order chi connectivity index (χ1) is 20.7. The highest BCUT2D eigenvalue weighted by molar-refractivity contribution is 6.60. The fourth-order valence-electron chi connectivity index (χ4n) is 5.18. The number of urea groups is 1. The molecule has 2 aliphatic heterocycles. The summed E-state index contributed by atoms with van der Waals surface area (Å²) in [6.45, 7) is 8.62. The van der Waals surface area contributed by atoms with E-state index in [1.165, 1.54) is 7.11 Å². The molecule has 4 amide bonds. The Morgan fingerprint density at radius 2 is 1.49 bits per heavy atom. The van der Waals surface area contributed by atoms with Crippen molar-refractivity contribution in [3.05, 3.63) is 72.4 Å². The molecule has 220 valence electrons. The van der Waals surface area contributed by atoms with Crippen molar-refractivity contribution < 1.29 is 28.6 Å². The van der Waals surface area contributed by atoms with Gasteiger partial charge in [0.1, 0.15) is 11.5 Å². The van der Waals surface area contributed by atoms with E-state index in [-0.39, 0.29) is 16.8 Å². The summed E-state index contributed by atoms with van der Waals surface area (Å²) in [6.07, 6.45) is 1.63. The Balaban J connectivity index is 1.36. The van der Waals surface area contributed by atoms with Crippen LogP contribution in [0.2, 0.25) is 0 Å². The van der Waals surface area contributed by atoms with Gasteiger partial charge in [-0.3, -0.25) is 9.59 Å².